The van der Waals surface area contributed by atoms with Gasteiger partial charge in [-0.3, -0.25) is 0 Å². The molecule has 1 saturated heterocycles. The van der Waals surface area contributed by atoms with Gasteiger partial charge in [0.25, 0.3) is 0 Å². The molecule has 1 aliphatic heterocycles. The SMILES string of the molecule is Cl.O=S(=O)(Cc1ccccc1)NCC1CCNC1. The van der Waals surface area contributed by atoms with Gasteiger partial charge in [0.05, 0.1) is 5.75 Å². The van der Waals surface area contributed by atoms with Crippen LogP contribution in [-0.4, -0.2) is 28.1 Å². The summed E-state index contributed by atoms with van der Waals surface area (Å²) in [6.07, 6.45) is 1.05. The number of benzene rings is 1. The summed E-state index contributed by atoms with van der Waals surface area (Å²) >= 11 is 0. The fraction of sp³-hybridized carbons (Fsp3) is 0.500. The van der Waals surface area contributed by atoms with Gasteiger partial charge in [-0.1, -0.05) is 30.3 Å². The largest absolute Gasteiger partial charge is 0.316 e. The first-order valence-electron chi connectivity index (χ1n) is 5.88. The molecule has 6 heteroatoms. The van der Waals surface area contributed by atoms with Crippen LogP contribution in [0.3, 0.4) is 0 Å². The minimum absolute atomic E-state index is 0. The van der Waals surface area contributed by atoms with Gasteiger partial charge in [0, 0.05) is 6.54 Å². The monoisotopic (exact) mass is 290 g/mol. The highest BCUT2D eigenvalue weighted by Gasteiger charge is 2.18. The standard InChI is InChI=1S/C12H18N2O2S.ClH/c15-17(16,10-11-4-2-1-3-5-11)14-9-12-6-7-13-8-12;/h1-5,12-14H,6-10H2;1H. The summed E-state index contributed by atoms with van der Waals surface area (Å²) < 4.78 is 26.3. The molecule has 0 aliphatic carbocycles. The maximum atomic E-state index is 11.8. The van der Waals surface area contributed by atoms with Crippen LogP contribution >= 0.6 is 12.4 Å². The van der Waals surface area contributed by atoms with Crippen molar-refractivity contribution < 1.29 is 8.42 Å². The minimum atomic E-state index is -3.20. The maximum Gasteiger partial charge on any atom is 0.215 e. The first-order chi connectivity index (χ1) is 8.16. The van der Waals surface area contributed by atoms with Gasteiger partial charge >= 0.3 is 0 Å². The first-order valence-corrected chi connectivity index (χ1v) is 7.53. The molecular formula is C12H19ClN2O2S. The van der Waals surface area contributed by atoms with Gasteiger partial charge in [-0.05, 0) is 31.0 Å². The van der Waals surface area contributed by atoms with E-state index < -0.39 is 10.0 Å². The van der Waals surface area contributed by atoms with E-state index in [9.17, 15) is 8.42 Å². The Kier molecular flexibility index (Phi) is 6.08. The lowest BCUT2D eigenvalue weighted by molar-refractivity contribution is 0.538. The number of hydrogen-bond acceptors (Lipinski definition) is 3. The molecular weight excluding hydrogens is 272 g/mol. The number of halogens is 1. The molecule has 1 aliphatic rings. The van der Waals surface area contributed by atoms with Gasteiger partial charge < -0.3 is 5.32 Å². The summed E-state index contributed by atoms with van der Waals surface area (Å²) in [5.41, 5.74) is 0.824. The zero-order valence-corrected chi connectivity index (χ0v) is 11.8. The van der Waals surface area contributed by atoms with Crippen LogP contribution in [0.15, 0.2) is 30.3 Å². The Morgan fingerprint density at radius 2 is 2.00 bits per heavy atom. The van der Waals surface area contributed by atoms with Crippen molar-refractivity contribution in [3.8, 4) is 0 Å². The normalized spacial score (nSPS) is 19.4. The van der Waals surface area contributed by atoms with E-state index in [4.69, 9.17) is 0 Å². The van der Waals surface area contributed by atoms with Crippen molar-refractivity contribution in [2.45, 2.75) is 12.2 Å². The average molecular weight is 291 g/mol. The van der Waals surface area contributed by atoms with E-state index in [1.54, 1.807) is 0 Å². The molecule has 0 saturated carbocycles. The fourth-order valence-corrected chi connectivity index (χ4v) is 3.20. The Morgan fingerprint density at radius 1 is 1.28 bits per heavy atom. The molecule has 1 aromatic rings. The zero-order chi connectivity index (χ0) is 12.1. The molecule has 2 N–H and O–H groups in total. The topological polar surface area (TPSA) is 58.2 Å². The van der Waals surface area contributed by atoms with E-state index >= 15 is 0 Å². The van der Waals surface area contributed by atoms with Crippen LogP contribution in [0.1, 0.15) is 12.0 Å². The summed E-state index contributed by atoms with van der Waals surface area (Å²) in [6, 6.07) is 9.25. The molecule has 4 nitrogen and oxygen atoms in total. The first kappa shape index (κ1) is 15.4. The second kappa shape index (κ2) is 7.09. The van der Waals surface area contributed by atoms with Gasteiger partial charge in [-0.15, -0.1) is 12.4 Å². The number of rotatable bonds is 5. The Labute approximate surface area is 115 Å². The van der Waals surface area contributed by atoms with Crippen LogP contribution in [0.25, 0.3) is 0 Å². The molecule has 1 atom stereocenters. The predicted molar refractivity (Wildman–Crippen MR) is 75.3 cm³/mol. The molecule has 18 heavy (non-hydrogen) atoms. The van der Waals surface area contributed by atoms with Crippen molar-refractivity contribution in [3.05, 3.63) is 35.9 Å². The van der Waals surface area contributed by atoms with Crippen molar-refractivity contribution in [3.63, 3.8) is 0 Å². The molecule has 1 fully saturated rings. The maximum absolute atomic E-state index is 11.8. The zero-order valence-electron chi connectivity index (χ0n) is 10.1. The van der Waals surface area contributed by atoms with Crippen LogP contribution in [0.5, 0.6) is 0 Å². The molecule has 0 spiro atoms. The molecule has 0 radical (unpaired) electrons. The second-order valence-corrected chi connectivity index (χ2v) is 6.26. The molecule has 0 amide bonds. The van der Waals surface area contributed by atoms with Gasteiger partial charge in [-0.2, -0.15) is 0 Å². The van der Waals surface area contributed by atoms with Gasteiger partial charge in [0.1, 0.15) is 0 Å². The summed E-state index contributed by atoms with van der Waals surface area (Å²) in [7, 11) is -3.20. The van der Waals surface area contributed by atoms with E-state index in [1.807, 2.05) is 30.3 Å². The minimum Gasteiger partial charge on any atom is -0.316 e. The van der Waals surface area contributed by atoms with Crippen LogP contribution in [-0.2, 0) is 15.8 Å². The summed E-state index contributed by atoms with van der Waals surface area (Å²) in [6.45, 7) is 2.45. The van der Waals surface area contributed by atoms with Crippen LogP contribution in [0.4, 0.5) is 0 Å². The summed E-state index contributed by atoms with van der Waals surface area (Å²) in [4.78, 5) is 0. The van der Waals surface area contributed by atoms with Crippen molar-refractivity contribution in [1.29, 1.82) is 0 Å². The van der Waals surface area contributed by atoms with E-state index in [2.05, 4.69) is 10.0 Å². The molecule has 1 heterocycles. The lowest BCUT2D eigenvalue weighted by Crippen LogP contribution is -2.31. The molecule has 1 aromatic carbocycles. The van der Waals surface area contributed by atoms with Crippen LogP contribution in [0.2, 0.25) is 0 Å². The second-order valence-electron chi connectivity index (χ2n) is 4.45. The van der Waals surface area contributed by atoms with Crippen LogP contribution in [0, 0.1) is 5.92 Å². The third-order valence-electron chi connectivity index (χ3n) is 2.95. The molecule has 102 valence electrons. The third kappa shape index (κ3) is 4.94. The molecule has 0 bridgehead atoms. The quantitative estimate of drug-likeness (QED) is 0.855. The lowest BCUT2D eigenvalue weighted by atomic mass is 10.1. The smallest absolute Gasteiger partial charge is 0.215 e. The van der Waals surface area contributed by atoms with Crippen LogP contribution < -0.4 is 10.0 Å². The summed E-state index contributed by atoms with van der Waals surface area (Å²) in [5, 5.41) is 3.22. The van der Waals surface area contributed by atoms with Gasteiger partial charge in [-0.25, -0.2) is 13.1 Å². The van der Waals surface area contributed by atoms with E-state index in [0.717, 1.165) is 25.1 Å². The molecule has 1 unspecified atom stereocenters. The Morgan fingerprint density at radius 3 is 2.61 bits per heavy atom. The Bertz CT molecular complexity index is 444. The fourth-order valence-electron chi connectivity index (χ4n) is 1.98. The molecule has 0 aromatic heterocycles. The Balaban J connectivity index is 0.00000162. The van der Waals surface area contributed by atoms with E-state index in [1.165, 1.54) is 0 Å². The average Bonchev–Trinajstić information content (AvgIpc) is 2.80. The lowest BCUT2D eigenvalue weighted by Gasteiger charge is -2.10. The molecule has 2 rings (SSSR count). The highest BCUT2D eigenvalue weighted by molar-refractivity contribution is 7.88. The third-order valence-corrected chi connectivity index (χ3v) is 4.27. The van der Waals surface area contributed by atoms with Gasteiger partial charge in [0.2, 0.25) is 10.0 Å². The van der Waals surface area contributed by atoms with E-state index in [0.29, 0.717) is 12.5 Å². The highest BCUT2D eigenvalue weighted by atomic mass is 35.5. The highest BCUT2D eigenvalue weighted by Crippen LogP contribution is 2.08. The Hall–Kier alpha value is -0.620. The van der Waals surface area contributed by atoms with Gasteiger partial charge in [0.15, 0.2) is 0 Å². The number of nitrogens with one attached hydrogen (secondary N) is 2. The van der Waals surface area contributed by atoms with Crippen molar-refractivity contribution >= 4 is 22.4 Å². The predicted octanol–water partition coefficient (Wildman–Crippen LogP) is 1.14. The number of hydrogen-bond donors (Lipinski definition) is 2. The number of sulfonamides is 1. The van der Waals surface area contributed by atoms with Crippen molar-refractivity contribution in [2.75, 3.05) is 19.6 Å². The summed E-state index contributed by atoms with van der Waals surface area (Å²) in [5.74, 6) is 0.495. The van der Waals surface area contributed by atoms with Crippen molar-refractivity contribution in [1.82, 2.24) is 10.0 Å². The van der Waals surface area contributed by atoms with E-state index in [-0.39, 0.29) is 18.2 Å². The van der Waals surface area contributed by atoms with Crippen molar-refractivity contribution in [2.24, 2.45) is 5.92 Å².